The van der Waals surface area contributed by atoms with E-state index in [0.29, 0.717) is 0 Å². The summed E-state index contributed by atoms with van der Waals surface area (Å²) in [6, 6.07) is 60.1. The number of pyridine rings is 1. The van der Waals surface area contributed by atoms with Crippen LogP contribution < -0.4 is 20.7 Å². The Labute approximate surface area is 278 Å². The van der Waals surface area contributed by atoms with E-state index >= 15 is 0 Å². The van der Waals surface area contributed by atoms with Gasteiger partial charge in [-0.2, -0.15) is 0 Å². The number of rotatable bonds is 6. The summed E-state index contributed by atoms with van der Waals surface area (Å²) in [6.07, 6.45) is 2.00. The summed E-state index contributed by atoms with van der Waals surface area (Å²) in [7, 11) is -2.63. The highest BCUT2D eigenvalue weighted by atomic mass is 32.1. The van der Waals surface area contributed by atoms with Gasteiger partial charge in [0.2, 0.25) is 0 Å². The third-order valence-electron chi connectivity index (χ3n) is 9.50. The average Bonchev–Trinajstić information content (AvgIpc) is 3.75. The second-order valence-electron chi connectivity index (χ2n) is 12.0. The maximum atomic E-state index is 5.02. The molecule has 9 rings (SSSR count). The molecular formula is C43H30N2SSi. The molecule has 0 aliphatic heterocycles. The normalized spacial score (nSPS) is 11.8. The van der Waals surface area contributed by atoms with Gasteiger partial charge in [-0.15, -0.1) is 11.3 Å². The minimum Gasteiger partial charge on any atom is -0.293 e. The molecule has 222 valence electrons. The maximum absolute atomic E-state index is 5.02. The third kappa shape index (κ3) is 4.41. The smallest absolute Gasteiger partial charge is 0.179 e. The molecule has 0 spiro atoms. The summed E-state index contributed by atoms with van der Waals surface area (Å²) in [5.41, 5.74) is 5.71. The molecule has 0 bridgehead atoms. The monoisotopic (exact) mass is 634 g/mol. The highest BCUT2D eigenvalue weighted by Crippen LogP contribution is 2.38. The molecule has 0 radical (unpaired) electrons. The molecule has 0 saturated carbocycles. The first kappa shape index (κ1) is 27.7. The van der Waals surface area contributed by atoms with Crippen molar-refractivity contribution in [2.45, 2.75) is 0 Å². The van der Waals surface area contributed by atoms with Crippen LogP contribution in [0.25, 0.3) is 49.5 Å². The van der Waals surface area contributed by atoms with Crippen molar-refractivity contribution in [1.29, 1.82) is 0 Å². The molecule has 9 aromatic rings. The van der Waals surface area contributed by atoms with E-state index in [1.165, 1.54) is 58.9 Å². The molecule has 0 N–H and O–H groups in total. The number of fused-ring (bicyclic) bond motifs is 5. The van der Waals surface area contributed by atoms with E-state index in [-0.39, 0.29) is 0 Å². The van der Waals surface area contributed by atoms with Crippen LogP contribution in [0.15, 0.2) is 181 Å². The number of nitrogens with zero attached hydrogens (tertiary/aromatic N) is 2. The van der Waals surface area contributed by atoms with Crippen LogP contribution >= 0.6 is 11.3 Å². The van der Waals surface area contributed by atoms with E-state index in [1.54, 1.807) is 11.3 Å². The van der Waals surface area contributed by atoms with Crippen molar-refractivity contribution < 1.29 is 0 Å². The van der Waals surface area contributed by atoms with Gasteiger partial charge in [0.1, 0.15) is 5.65 Å². The van der Waals surface area contributed by atoms with Crippen LogP contribution in [0, 0.1) is 0 Å². The molecule has 4 heteroatoms. The number of aromatic nitrogens is 2. The van der Waals surface area contributed by atoms with Crippen LogP contribution in [0.3, 0.4) is 0 Å². The first-order valence-electron chi connectivity index (χ1n) is 15.9. The zero-order valence-electron chi connectivity index (χ0n) is 25.6. The Morgan fingerprint density at radius 2 is 1.06 bits per heavy atom. The SMILES string of the molecule is c1ccc([Si](c2ccccc2)(c2ccccc2)c2cccc(-c3cccc(-n4c5cscc5c5c6ccccc6cnc54)c3)c2)cc1. The lowest BCUT2D eigenvalue weighted by Crippen LogP contribution is -2.74. The van der Waals surface area contributed by atoms with Crippen molar-refractivity contribution in [3.63, 3.8) is 0 Å². The topological polar surface area (TPSA) is 17.8 Å². The van der Waals surface area contributed by atoms with Gasteiger partial charge in [0.25, 0.3) is 0 Å². The van der Waals surface area contributed by atoms with Crippen molar-refractivity contribution in [3.05, 3.63) is 181 Å². The Morgan fingerprint density at radius 3 is 1.74 bits per heavy atom. The van der Waals surface area contributed by atoms with Crippen molar-refractivity contribution in [1.82, 2.24) is 9.55 Å². The Kier molecular flexibility index (Phi) is 6.70. The molecule has 3 aromatic heterocycles. The van der Waals surface area contributed by atoms with Crippen LogP contribution in [0.4, 0.5) is 0 Å². The Balaban J connectivity index is 1.25. The van der Waals surface area contributed by atoms with Crippen LogP contribution in [0.2, 0.25) is 0 Å². The summed E-state index contributed by atoms with van der Waals surface area (Å²) in [6.45, 7) is 0. The standard InChI is InChI=1S/C43H30N2SSi/c1-4-18-35(19-5-1)47(36-20-6-2-7-21-36,37-22-8-3-9-23-37)38-24-13-16-32(27-38)31-15-12-17-34(26-31)45-41-30-46-29-40(41)42-39-25-11-10-14-33(39)28-44-43(42)45/h1-30H. The van der Waals surface area contributed by atoms with E-state index < -0.39 is 8.07 Å². The summed E-state index contributed by atoms with van der Waals surface area (Å²) >= 11 is 1.75. The molecule has 6 aromatic carbocycles. The third-order valence-corrected chi connectivity index (χ3v) is 15.0. The highest BCUT2D eigenvalue weighted by molar-refractivity contribution is 7.19. The summed E-state index contributed by atoms with van der Waals surface area (Å²) < 4.78 is 2.33. The molecule has 0 amide bonds. The highest BCUT2D eigenvalue weighted by Gasteiger charge is 2.41. The lowest BCUT2D eigenvalue weighted by atomic mass is 10.1. The molecular weight excluding hydrogens is 605 g/mol. The fraction of sp³-hybridized carbons (Fsp3) is 0. The molecule has 0 aliphatic carbocycles. The number of thiophene rings is 1. The Bertz CT molecular complexity index is 2420. The minimum absolute atomic E-state index is 0.996. The second kappa shape index (κ2) is 11.4. The molecule has 0 fully saturated rings. The van der Waals surface area contributed by atoms with Crippen LogP contribution in [0.1, 0.15) is 0 Å². The zero-order valence-corrected chi connectivity index (χ0v) is 27.4. The van der Waals surface area contributed by atoms with Crippen molar-refractivity contribution >= 4 is 72.9 Å². The van der Waals surface area contributed by atoms with E-state index in [4.69, 9.17) is 4.98 Å². The molecule has 0 atom stereocenters. The first-order chi connectivity index (χ1) is 23.3. The lowest BCUT2D eigenvalue weighted by Gasteiger charge is -2.34. The molecule has 0 saturated heterocycles. The van der Waals surface area contributed by atoms with Gasteiger partial charge < -0.3 is 0 Å². The Morgan fingerprint density at radius 1 is 0.489 bits per heavy atom. The Hall–Kier alpha value is -5.55. The predicted octanol–water partition coefficient (Wildman–Crippen LogP) is 8.44. The quantitative estimate of drug-likeness (QED) is 0.133. The van der Waals surface area contributed by atoms with Gasteiger partial charge in [-0.05, 0) is 49.4 Å². The fourth-order valence-corrected chi connectivity index (χ4v) is 13.0. The first-order valence-corrected chi connectivity index (χ1v) is 18.9. The summed E-state index contributed by atoms with van der Waals surface area (Å²) in [4.78, 5) is 5.02. The van der Waals surface area contributed by atoms with E-state index in [0.717, 1.165) is 11.3 Å². The van der Waals surface area contributed by atoms with Crippen LogP contribution in [-0.4, -0.2) is 17.6 Å². The number of benzene rings is 6. The predicted molar refractivity (Wildman–Crippen MR) is 203 cm³/mol. The van der Waals surface area contributed by atoms with Crippen LogP contribution in [0.5, 0.6) is 0 Å². The van der Waals surface area contributed by atoms with Gasteiger partial charge in [0.15, 0.2) is 8.07 Å². The van der Waals surface area contributed by atoms with E-state index in [9.17, 15) is 0 Å². The van der Waals surface area contributed by atoms with Crippen molar-refractivity contribution in [3.8, 4) is 16.8 Å². The zero-order chi connectivity index (χ0) is 31.2. The van der Waals surface area contributed by atoms with Gasteiger partial charge in [-0.1, -0.05) is 152 Å². The fourth-order valence-electron chi connectivity index (χ4n) is 7.44. The molecule has 3 heterocycles. The second-order valence-corrected chi connectivity index (χ2v) is 16.6. The van der Waals surface area contributed by atoms with Crippen LogP contribution in [-0.2, 0) is 0 Å². The van der Waals surface area contributed by atoms with Gasteiger partial charge in [0.05, 0.1) is 5.52 Å². The number of hydrogen-bond donors (Lipinski definition) is 0. The van der Waals surface area contributed by atoms with Gasteiger partial charge in [-0.25, -0.2) is 4.98 Å². The van der Waals surface area contributed by atoms with Gasteiger partial charge >= 0.3 is 0 Å². The lowest BCUT2D eigenvalue weighted by molar-refractivity contribution is 1.14. The summed E-state index contributed by atoms with van der Waals surface area (Å²) in [5, 5.41) is 14.9. The van der Waals surface area contributed by atoms with Crippen molar-refractivity contribution in [2.75, 3.05) is 0 Å². The average molecular weight is 635 g/mol. The maximum Gasteiger partial charge on any atom is 0.179 e. The molecule has 0 aliphatic rings. The van der Waals surface area contributed by atoms with Gasteiger partial charge in [-0.3, -0.25) is 4.57 Å². The summed E-state index contributed by atoms with van der Waals surface area (Å²) in [5.74, 6) is 0. The molecule has 0 unspecified atom stereocenters. The molecule has 2 nitrogen and oxygen atoms in total. The van der Waals surface area contributed by atoms with Crippen molar-refractivity contribution in [2.24, 2.45) is 0 Å². The largest absolute Gasteiger partial charge is 0.293 e. The van der Waals surface area contributed by atoms with E-state index in [2.05, 4.69) is 179 Å². The minimum atomic E-state index is -2.63. The number of hydrogen-bond acceptors (Lipinski definition) is 2. The molecule has 47 heavy (non-hydrogen) atoms. The van der Waals surface area contributed by atoms with Gasteiger partial charge in [0, 0.05) is 38.8 Å². The van der Waals surface area contributed by atoms with E-state index in [1.807, 2.05) is 6.20 Å².